The van der Waals surface area contributed by atoms with Gasteiger partial charge in [0.1, 0.15) is 6.61 Å². The molecule has 0 spiro atoms. The Morgan fingerprint density at radius 1 is 0.727 bits per heavy atom. The van der Waals surface area contributed by atoms with Crippen LogP contribution < -0.4 is 0 Å². The van der Waals surface area contributed by atoms with E-state index in [0.717, 1.165) is 57.3 Å². The third-order valence-electron chi connectivity index (χ3n) is 9.02. The van der Waals surface area contributed by atoms with E-state index < -0.39 is 6.10 Å². The topological polar surface area (TPSA) is 85.4 Å². The molecule has 44 heavy (non-hydrogen) atoms. The number of hydrogen-bond donors (Lipinski definition) is 1. The van der Waals surface area contributed by atoms with E-state index in [-0.39, 0.29) is 25.2 Å². The number of epoxide rings is 1. The highest BCUT2D eigenvalue weighted by Gasteiger charge is 2.36. The van der Waals surface area contributed by atoms with E-state index in [1.54, 1.807) is 0 Å². The van der Waals surface area contributed by atoms with Gasteiger partial charge in [0.2, 0.25) is 0 Å². The highest BCUT2D eigenvalue weighted by Crippen LogP contribution is 2.30. The molecule has 3 unspecified atom stereocenters. The molecule has 0 aromatic heterocycles. The lowest BCUT2D eigenvalue weighted by Crippen LogP contribution is -2.28. The summed E-state index contributed by atoms with van der Waals surface area (Å²) in [5.74, 6) is 0.267. The lowest BCUT2D eigenvalue weighted by molar-refractivity contribution is -0.161. The average Bonchev–Trinajstić information content (AvgIpc) is 3.78. The van der Waals surface area contributed by atoms with Crippen molar-refractivity contribution in [3.05, 3.63) is 12.2 Å². The lowest BCUT2D eigenvalue weighted by atomic mass is 9.99. The molecule has 0 aliphatic carbocycles. The van der Waals surface area contributed by atoms with Crippen LogP contribution in [0.15, 0.2) is 12.2 Å². The van der Waals surface area contributed by atoms with Gasteiger partial charge in [-0.3, -0.25) is 9.59 Å². The summed E-state index contributed by atoms with van der Waals surface area (Å²) in [7, 11) is 0. The van der Waals surface area contributed by atoms with Crippen molar-refractivity contribution in [3.8, 4) is 0 Å². The van der Waals surface area contributed by atoms with Crippen LogP contribution in [0.5, 0.6) is 0 Å². The van der Waals surface area contributed by atoms with Crippen molar-refractivity contribution in [1.29, 1.82) is 0 Å². The summed E-state index contributed by atoms with van der Waals surface area (Å²) in [6, 6.07) is 0. The van der Waals surface area contributed by atoms with Gasteiger partial charge in [-0.2, -0.15) is 0 Å². The Kier molecular flexibility index (Phi) is 26.8. The van der Waals surface area contributed by atoms with Gasteiger partial charge in [-0.05, 0) is 44.4 Å². The monoisotopic (exact) mass is 623 g/mol. The normalized spacial score (nSPS) is 17.5. The van der Waals surface area contributed by atoms with Crippen molar-refractivity contribution in [2.45, 2.75) is 200 Å². The van der Waals surface area contributed by atoms with Gasteiger partial charge in [-0.25, -0.2) is 0 Å². The fourth-order valence-electron chi connectivity index (χ4n) is 5.65. The fourth-order valence-corrected chi connectivity index (χ4v) is 5.65. The Morgan fingerprint density at radius 3 is 1.93 bits per heavy atom. The van der Waals surface area contributed by atoms with Gasteiger partial charge in [0.15, 0.2) is 6.10 Å². The first kappa shape index (κ1) is 40.6. The van der Waals surface area contributed by atoms with E-state index in [9.17, 15) is 14.7 Å². The van der Waals surface area contributed by atoms with Crippen molar-refractivity contribution in [1.82, 2.24) is 0 Å². The number of aliphatic hydroxyl groups excluding tert-OH is 1. The van der Waals surface area contributed by atoms with Gasteiger partial charge in [0, 0.05) is 12.8 Å². The van der Waals surface area contributed by atoms with Gasteiger partial charge >= 0.3 is 11.9 Å². The molecule has 6 nitrogen and oxygen atoms in total. The minimum absolute atomic E-state index is 0.0730. The predicted molar refractivity (Wildman–Crippen MR) is 182 cm³/mol. The van der Waals surface area contributed by atoms with E-state index in [1.165, 1.54) is 96.3 Å². The van der Waals surface area contributed by atoms with Gasteiger partial charge in [-0.15, -0.1) is 0 Å². The Hall–Kier alpha value is -1.40. The zero-order valence-electron chi connectivity index (χ0n) is 29.0. The molecule has 0 bridgehead atoms. The number of carbonyl (C=O) groups is 2. The summed E-state index contributed by atoms with van der Waals surface area (Å²) in [4.78, 5) is 24.2. The van der Waals surface area contributed by atoms with Crippen LogP contribution in [0, 0.1) is 5.92 Å². The summed E-state index contributed by atoms with van der Waals surface area (Å²) in [5, 5.41) is 9.54. The van der Waals surface area contributed by atoms with Gasteiger partial charge in [-0.1, -0.05) is 142 Å². The maximum absolute atomic E-state index is 12.1. The minimum atomic E-state index is -0.775. The molecule has 0 amide bonds. The zero-order chi connectivity index (χ0) is 32.1. The number of esters is 2. The second-order valence-corrected chi connectivity index (χ2v) is 13.3. The number of ether oxygens (including phenoxy) is 3. The Labute approximate surface area is 271 Å². The second kappa shape index (κ2) is 29.0. The highest BCUT2D eigenvalue weighted by molar-refractivity contribution is 5.70. The molecule has 1 aliphatic rings. The van der Waals surface area contributed by atoms with Crippen LogP contribution in [0.3, 0.4) is 0 Å². The molecule has 1 rings (SSSR count). The van der Waals surface area contributed by atoms with Crippen LogP contribution in [0.25, 0.3) is 0 Å². The minimum Gasteiger partial charge on any atom is -0.462 e. The standard InChI is InChI=1S/C38H70O6/c1-4-6-21-27-35-36(44-35)28-23-18-14-11-12-15-19-24-29-37(40)42-32-34(31-39)43-38(41)30-25-20-16-10-8-7-9-13-17-22-26-33(3)5-2/h18,23,33-36,39H,4-17,19-22,24-32H2,1-3H3/b23-18-/t33?,34-,35?,36?/m0/s1. The van der Waals surface area contributed by atoms with Gasteiger partial charge < -0.3 is 19.3 Å². The molecule has 0 aromatic carbocycles. The molecule has 0 radical (unpaired) electrons. The van der Waals surface area contributed by atoms with E-state index in [4.69, 9.17) is 14.2 Å². The summed E-state index contributed by atoms with van der Waals surface area (Å²) >= 11 is 0. The smallest absolute Gasteiger partial charge is 0.306 e. The second-order valence-electron chi connectivity index (χ2n) is 13.3. The molecular formula is C38H70O6. The first-order valence-electron chi connectivity index (χ1n) is 18.8. The zero-order valence-corrected chi connectivity index (χ0v) is 29.0. The van der Waals surface area contributed by atoms with Crippen molar-refractivity contribution < 1.29 is 28.9 Å². The number of rotatable bonds is 32. The van der Waals surface area contributed by atoms with E-state index >= 15 is 0 Å². The molecule has 4 atom stereocenters. The van der Waals surface area contributed by atoms with Crippen LogP contribution in [0.1, 0.15) is 181 Å². The maximum Gasteiger partial charge on any atom is 0.306 e. The van der Waals surface area contributed by atoms with E-state index in [1.807, 2.05) is 0 Å². The Balaban J connectivity index is 1.88. The van der Waals surface area contributed by atoms with Crippen molar-refractivity contribution in [2.75, 3.05) is 13.2 Å². The molecule has 1 saturated heterocycles. The van der Waals surface area contributed by atoms with Crippen LogP contribution in [-0.4, -0.2) is 48.6 Å². The van der Waals surface area contributed by atoms with Crippen molar-refractivity contribution >= 4 is 11.9 Å². The molecule has 1 aliphatic heterocycles. The SMILES string of the molecule is CCCCCC1OC1C/C=C\CCCCCCCC(=O)OC[C@H](CO)OC(=O)CCCCCCCCCCCCC(C)CC. The largest absolute Gasteiger partial charge is 0.462 e. The summed E-state index contributed by atoms with van der Waals surface area (Å²) in [6.07, 6.45) is 32.9. The van der Waals surface area contributed by atoms with E-state index in [0.29, 0.717) is 25.0 Å². The summed E-state index contributed by atoms with van der Waals surface area (Å²) < 4.78 is 16.3. The van der Waals surface area contributed by atoms with Gasteiger partial charge in [0.05, 0.1) is 18.8 Å². The third-order valence-corrected chi connectivity index (χ3v) is 9.02. The highest BCUT2D eigenvalue weighted by atomic mass is 16.6. The average molecular weight is 623 g/mol. The fraction of sp³-hybridized carbons (Fsp3) is 0.895. The van der Waals surface area contributed by atoms with Crippen LogP contribution >= 0.6 is 0 Å². The number of hydrogen-bond acceptors (Lipinski definition) is 6. The first-order chi connectivity index (χ1) is 21.5. The number of unbranched alkanes of at least 4 members (excludes halogenated alkanes) is 16. The van der Waals surface area contributed by atoms with Crippen LogP contribution in [0.4, 0.5) is 0 Å². The number of carbonyl (C=O) groups excluding carboxylic acids is 2. The summed E-state index contributed by atoms with van der Waals surface area (Å²) in [5.41, 5.74) is 0. The van der Waals surface area contributed by atoms with Crippen LogP contribution in [-0.2, 0) is 23.8 Å². The Bertz CT molecular complexity index is 707. The molecule has 258 valence electrons. The molecule has 1 heterocycles. The quantitative estimate of drug-likeness (QED) is 0.0348. The van der Waals surface area contributed by atoms with Gasteiger partial charge in [0.25, 0.3) is 0 Å². The Morgan fingerprint density at radius 2 is 1.32 bits per heavy atom. The molecular weight excluding hydrogens is 552 g/mol. The van der Waals surface area contributed by atoms with E-state index in [2.05, 4.69) is 32.9 Å². The number of aliphatic hydroxyl groups is 1. The molecule has 0 aromatic rings. The third kappa shape index (κ3) is 24.9. The first-order valence-corrected chi connectivity index (χ1v) is 18.8. The van der Waals surface area contributed by atoms with Crippen LogP contribution in [0.2, 0.25) is 0 Å². The van der Waals surface area contributed by atoms with Crippen molar-refractivity contribution in [2.24, 2.45) is 5.92 Å². The molecule has 0 saturated carbocycles. The molecule has 1 fully saturated rings. The number of allylic oxidation sites excluding steroid dienone is 1. The predicted octanol–water partition coefficient (Wildman–Crippen LogP) is 10.2. The summed E-state index contributed by atoms with van der Waals surface area (Å²) in [6.45, 7) is 6.45. The van der Waals surface area contributed by atoms with Crippen molar-refractivity contribution in [3.63, 3.8) is 0 Å². The molecule has 1 N–H and O–H groups in total. The lowest BCUT2D eigenvalue weighted by Gasteiger charge is -2.15. The molecule has 6 heteroatoms. The maximum atomic E-state index is 12.1.